The molecule has 0 fully saturated rings. The zero-order chi connectivity index (χ0) is 24.2. The maximum Gasteiger partial charge on any atom is 0.491 e. The fourth-order valence-corrected chi connectivity index (χ4v) is 4.37. The van der Waals surface area contributed by atoms with E-state index in [0.717, 1.165) is 27.7 Å². The van der Waals surface area contributed by atoms with Gasteiger partial charge in [0.1, 0.15) is 5.82 Å². The maximum atomic E-state index is 14.2. The van der Waals surface area contributed by atoms with E-state index < -0.39 is 18.8 Å². The van der Waals surface area contributed by atoms with Crippen molar-refractivity contribution in [2.24, 2.45) is 5.41 Å². The molecule has 0 aliphatic rings. The molecule has 172 valence electrons. The number of rotatable bonds is 6. The van der Waals surface area contributed by atoms with Gasteiger partial charge < -0.3 is 10.0 Å². The maximum absolute atomic E-state index is 14.2. The third kappa shape index (κ3) is 6.52. The molecular weight excluding hydrogens is 525 g/mol. The van der Waals surface area contributed by atoms with Crippen LogP contribution >= 0.6 is 22.6 Å². The van der Waals surface area contributed by atoms with Gasteiger partial charge in [0.15, 0.2) is 0 Å². The van der Waals surface area contributed by atoms with Gasteiger partial charge in [0.05, 0.1) is 6.04 Å². The van der Waals surface area contributed by atoms with Gasteiger partial charge in [-0.3, -0.25) is 15.0 Å². The van der Waals surface area contributed by atoms with Crippen molar-refractivity contribution >= 4 is 47.0 Å². The van der Waals surface area contributed by atoms with Gasteiger partial charge in [-0.25, -0.2) is 9.40 Å². The summed E-state index contributed by atoms with van der Waals surface area (Å²) in [5.41, 5.74) is 3.36. The highest BCUT2D eigenvalue weighted by Gasteiger charge is 2.35. The Kier molecular flexibility index (Phi) is 8.84. The van der Waals surface area contributed by atoms with Gasteiger partial charge in [-0.2, -0.15) is 0 Å². The number of carbonyl (C=O) groups is 2. The Morgan fingerprint density at radius 2 is 1.81 bits per heavy atom. The van der Waals surface area contributed by atoms with Crippen LogP contribution in [0.4, 0.5) is 4.39 Å². The Morgan fingerprint density at radius 1 is 1.16 bits per heavy atom. The normalized spacial score (nSPS) is 12.3. The lowest BCUT2D eigenvalue weighted by Crippen LogP contribution is -2.56. The highest BCUT2D eigenvalue weighted by atomic mass is 127. The first-order valence-electron chi connectivity index (χ1n) is 10.4. The van der Waals surface area contributed by atoms with Gasteiger partial charge in [0, 0.05) is 20.2 Å². The highest BCUT2D eigenvalue weighted by molar-refractivity contribution is 14.1. The summed E-state index contributed by atoms with van der Waals surface area (Å²) in [4.78, 5) is 26.6. The Balaban J connectivity index is 2.47. The molecule has 0 radical (unpaired) electrons. The van der Waals surface area contributed by atoms with E-state index in [1.807, 2.05) is 40.7 Å². The summed E-state index contributed by atoms with van der Waals surface area (Å²) < 4.78 is 15.1. The minimum absolute atomic E-state index is 0.0346. The molecule has 32 heavy (non-hydrogen) atoms. The predicted octanol–water partition coefficient (Wildman–Crippen LogP) is 3.42. The number of nitrogens with one attached hydrogen (secondary N) is 1. The lowest BCUT2D eigenvalue weighted by atomic mass is 9.79. The summed E-state index contributed by atoms with van der Waals surface area (Å²) in [5, 5.41) is 19.8. The Morgan fingerprint density at radius 3 is 2.31 bits per heavy atom. The zero-order valence-electron chi connectivity index (χ0n) is 18.9. The summed E-state index contributed by atoms with van der Waals surface area (Å²) in [7, 11) is -1.98. The fourth-order valence-electron chi connectivity index (χ4n) is 3.54. The summed E-state index contributed by atoms with van der Waals surface area (Å²) in [6, 6.07) is 8.52. The molecule has 0 aliphatic carbocycles. The van der Waals surface area contributed by atoms with Crippen molar-refractivity contribution in [1.29, 1.82) is 0 Å². The average molecular weight is 554 g/mol. The number of halogens is 2. The van der Waals surface area contributed by atoms with Crippen molar-refractivity contribution in [1.82, 2.24) is 10.4 Å². The number of carbonyl (C=O) groups excluding carboxylic acids is 2. The van der Waals surface area contributed by atoms with Gasteiger partial charge in [-0.05, 0) is 77.2 Å². The zero-order valence-corrected chi connectivity index (χ0v) is 21.1. The number of hydrogen-bond donors (Lipinski definition) is 3. The molecule has 3 N–H and O–H groups in total. The molecule has 0 bridgehead atoms. The van der Waals surface area contributed by atoms with Crippen LogP contribution in [0.2, 0.25) is 0 Å². The van der Waals surface area contributed by atoms with Gasteiger partial charge in [-0.1, -0.05) is 40.2 Å². The van der Waals surface area contributed by atoms with Gasteiger partial charge >= 0.3 is 7.12 Å². The monoisotopic (exact) mass is 554 g/mol. The van der Waals surface area contributed by atoms with Crippen LogP contribution in [0.5, 0.6) is 0 Å². The van der Waals surface area contributed by atoms with Crippen LogP contribution in [0.25, 0.3) is 0 Å². The summed E-state index contributed by atoms with van der Waals surface area (Å²) in [5.74, 6) is -1.93. The Hall–Kier alpha value is -1.98. The lowest BCUT2D eigenvalue weighted by Gasteiger charge is -2.40. The quantitative estimate of drug-likeness (QED) is 0.290. The van der Waals surface area contributed by atoms with E-state index >= 15 is 0 Å². The molecule has 0 saturated heterocycles. The minimum Gasteiger partial charge on any atom is -0.423 e. The standard InChI is InChI=1S/C23H29BFIN2O4/c1-6-7-20(23(3,4)5)28(22(30)16-10-14(2)11-17(26)12-16)27-21(29)15-8-9-18(24(31)32)19(25)13-15/h8-13,20,31-32H,6-7H2,1-5H3,(H,27,29)/t20-/m1/s1. The van der Waals surface area contributed by atoms with Crippen LogP contribution in [0.3, 0.4) is 0 Å². The van der Waals surface area contributed by atoms with E-state index in [2.05, 4.69) is 28.0 Å². The molecule has 0 aromatic heterocycles. The molecule has 9 heteroatoms. The average Bonchev–Trinajstić information content (AvgIpc) is 2.68. The second-order valence-corrected chi connectivity index (χ2v) is 10.2. The van der Waals surface area contributed by atoms with Crippen LogP contribution in [-0.4, -0.2) is 40.0 Å². The third-order valence-electron chi connectivity index (χ3n) is 5.14. The van der Waals surface area contributed by atoms with E-state index in [-0.39, 0.29) is 28.4 Å². The Bertz CT molecular complexity index is 974. The summed E-state index contributed by atoms with van der Waals surface area (Å²) in [6.07, 6.45) is 1.45. The third-order valence-corrected chi connectivity index (χ3v) is 5.77. The van der Waals surface area contributed by atoms with Crippen LogP contribution in [0.15, 0.2) is 36.4 Å². The molecule has 1 atom stereocenters. The molecule has 0 spiro atoms. The van der Waals surface area contributed by atoms with E-state index in [0.29, 0.717) is 12.0 Å². The van der Waals surface area contributed by atoms with E-state index in [4.69, 9.17) is 0 Å². The van der Waals surface area contributed by atoms with E-state index in [1.54, 1.807) is 12.1 Å². The summed E-state index contributed by atoms with van der Waals surface area (Å²) in [6.45, 7) is 9.90. The van der Waals surface area contributed by atoms with Crippen LogP contribution in [0, 0.1) is 21.7 Å². The number of nitrogens with zero attached hydrogens (tertiary/aromatic N) is 1. The van der Waals surface area contributed by atoms with Crippen LogP contribution in [0.1, 0.15) is 66.8 Å². The first kappa shape index (κ1) is 26.3. The first-order chi connectivity index (χ1) is 14.8. The molecule has 0 aliphatic heterocycles. The number of amides is 2. The second kappa shape index (κ2) is 10.8. The van der Waals surface area contributed by atoms with Crippen LogP contribution in [-0.2, 0) is 0 Å². The smallest absolute Gasteiger partial charge is 0.423 e. The van der Waals surface area contributed by atoms with Crippen molar-refractivity contribution in [2.75, 3.05) is 0 Å². The molecule has 0 unspecified atom stereocenters. The van der Waals surface area contributed by atoms with Crippen molar-refractivity contribution in [2.45, 2.75) is 53.5 Å². The fraction of sp³-hybridized carbons (Fsp3) is 0.391. The molecule has 0 heterocycles. The van der Waals surface area contributed by atoms with Crippen molar-refractivity contribution < 1.29 is 24.0 Å². The van der Waals surface area contributed by atoms with Gasteiger partial charge in [0.25, 0.3) is 11.8 Å². The summed E-state index contributed by atoms with van der Waals surface area (Å²) >= 11 is 2.14. The molecule has 2 aromatic rings. The van der Waals surface area contributed by atoms with Crippen LogP contribution < -0.4 is 10.9 Å². The van der Waals surface area contributed by atoms with Crippen molar-refractivity contribution in [3.63, 3.8) is 0 Å². The molecule has 6 nitrogen and oxygen atoms in total. The Labute approximate surface area is 202 Å². The largest absolute Gasteiger partial charge is 0.491 e. The van der Waals surface area contributed by atoms with E-state index in [1.165, 1.54) is 11.1 Å². The highest BCUT2D eigenvalue weighted by Crippen LogP contribution is 2.29. The number of hydrogen-bond acceptors (Lipinski definition) is 4. The SMILES string of the molecule is CCC[C@@H](N(NC(=O)c1ccc(B(O)O)c(F)c1)C(=O)c1cc(C)cc(I)c1)C(C)(C)C. The van der Waals surface area contributed by atoms with Gasteiger partial charge in [0.2, 0.25) is 0 Å². The molecular formula is C23H29BFIN2O4. The number of benzene rings is 2. The first-order valence-corrected chi connectivity index (χ1v) is 11.5. The van der Waals surface area contributed by atoms with E-state index in [9.17, 15) is 24.0 Å². The molecule has 2 amide bonds. The molecule has 2 rings (SSSR count). The molecule has 0 saturated carbocycles. The topological polar surface area (TPSA) is 89.9 Å². The minimum atomic E-state index is -1.98. The van der Waals surface area contributed by atoms with Crippen molar-refractivity contribution in [3.8, 4) is 0 Å². The number of aryl methyl sites for hydroxylation is 1. The number of hydrazine groups is 1. The van der Waals surface area contributed by atoms with Crippen molar-refractivity contribution in [3.05, 3.63) is 62.5 Å². The molecule has 2 aromatic carbocycles. The van der Waals surface area contributed by atoms with Gasteiger partial charge in [-0.15, -0.1) is 0 Å². The predicted molar refractivity (Wildman–Crippen MR) is 132 cm³/mol. The second-order valence-electron chi connectivity index (χ2n) is 8.91. The lowest BCUT2D eigenvalue weighted by molar-refractivity contribution is 0.0271.